The van der Waals surface area contributed by atoms with E-state index in [-0.39, 0.29) is 58.8 Å². The summed E-state index contributed by atoms with van der Waals surface area (Å²) in [6, 6.07) is 0. The molecule has 0 atom stereocenters. The van der Waals surface area contributed by atoms with Crippen LogP contribution in [-0.2, 0) is 6.42 Å². The van der Waals surface area contributed by atoms with E-state index in [1.807, 2.05) is 13.8 Å². The van der Waals surface area contributed by atoms with Gasteiger partial charge in [0.1, 0.15) is 34.3 Å². The topological polar surface area (TPSA) is 124 Å². The van der Waals surface area contributed by atoms with Crippen molar-refractivity contribution in [2.24, 2.45) is 0 Å². The van der Waals surface area contributed by atoms with Crippen LogP contribution in [0.2, 0.25) is 0 Å². The van der Waals surface area contributed by atoms with E-state index >= 15 is 0 Å². The Kier molecular flexibility index (Phi) is 7.78. The first-order chi connectivity index (χ1) is 15.0. The summed E-state index contributed by atoms with van der Waals surface area (Å²) in [5, 5.41) is 42.7. The van der Waals surface area contributed by atoms with Crippen molar-refractivity contribution < 1.29 is 34.8 Å². The first-order valence-electron chi connectivity index (χ1n) is 10.7. The Hall–Kier alpha value is -3.22. The van der Waals surface area contributed by atoms with Crippen LogP contribution in [0.25, 0.3) is 0 Å². The maximum absolute atomic E-state index is 12.7. The van der Waals surface area contributed by atoms with Crippen LogP contribution < -0.4 is 4.74 Å². The van der Waals surface area contributed by atoms with Gasteiger partial charge in [-0.2, -0.15) is 0 Å². The Morgan fingerprint density at radius 2 is 1.19 bits per heavy atom. The van der Waals surface area contributed by atoms with Crippen LogP contribution in [0.1, 0.15) is 88.1 Å². The van der Waals surface area contributed by atoms with Crippen LogP contribution in [0.15, 0.2) is 0 Å². The Labute approximate surface area is 188 Å². The quantitative estimate of drug-likeness (QED) is 0.401. The average molecular weight is 445 g/mol. The van der Waals surface area contributed by atoms with Gasteiger partial charge in [0, 0.05) is 41.5 Å². The van der Waals surface area contributed by atoms with E-state index in [2.05, 4.69) is 0 Å². The number of carbonyl (C=O) groups is 2. The first kappa shape index (κ1) is 25.0. The Balaban J connectivity index is 2.82. The van der Waals surface area contributed by atoms with Crippen molar-refractivity contribution in [2.75, 3.05) is 7.11 Å². The molecule has 0 amide bonds. The average Bonchev–Trinajstić information content (AvgIpc) is 2.73. The number of hydrogen-bond acceptors (Lipinski definition) is 7. The van der Waals surface area contributed by atoms with Crippen molar-refractivity contribution in [2.45, 2.75) is 66.7 Å². The number of benzene rings is 2. The standard InChI is InChI=1S/C25H32O7/c1-7-9-17(26)19-12(3)15(25(32-6)14(5)23(19)30)11-16-21(28)13(4)22(29)20(24(16)31)18(27)10-8-2/h28-31H,7-11H2,1-6H3. The minimum absolute atomic E-state index is 0.0418. The number of phenolic OH excluding ortho intramolecular Hbond substituents is 4. The van der Waals surface area contributed by atoms with Crippen LogP contribution in [0.3, 0.4) is 0 Å². The third-order valence-corrected chi connectivity index (χ3v) is 5.86. The third kappa shape index (κ3) is 4.24. The summed E-state index contributed by atoms with van der Waals surface area (Å²) < 4.78 is 5.50. The second-order valence-electron chi connectivity index (χ2n) is 8.03. The van der Waals surface area contributed by atoms with Gasteiger partial charge in [-0.25, -0.2) is 0 Å². The summed E-state index contributed by atoms with van der Waals surface area (Å²) in [5.74, 6) is -1.79. The molecule has 0 aliphatic carbocycles. The molecule has 4 N–H and O–H groups in total. The number of ketones is 2. The van der Waals surface area contributed by atoms with E-state index in [1.165, 1.54) is 14.0 Å². The lowest BCUT2D eigenvalue weighted by Crippen LogP contribution is -2.10. The van der Waals surface area contributed by atoms with Crippen molar-refractivity contribution in [1.82, 2.24) is 0 Å². The predicted molar refractivity (Wildman–Crippen MR) is 122 cm³/mol. The van der Waals surface area contributed by atoms with Crippen molar-refractivity contribution in [3.63, 3.8) is 0 Å². The molecule has 0 aliphatic rings. The third-order valence-electron chi connectivity index (χ3n) is 5.86. The zero-order valence-electron chi connectivity index (χ0n) is 19.5. The van der Waals surface area contributed by atoms with E-state index < -0.39 is 17.3 Å². The number of Topliss-reactive ketones (excluding diaryl/α,β-unsaturated/α-hetero) is 2. The van der Waals surface area contributed by atoms with Crippen LogP contribution in [0.4, 0.5) is 0 Å². The fourth-order valence-corrected chi connectivity index (χ4v) is 4.06. The molecule has 0 aliphatic heterocycles. The molecule has 0 spiro atoms. The normalized spacial score (nSPS) is 10.9. The molecule has 2 rings (SSSR count). The predicted octanol–water partition coefficient (Wildman–Crippen LogP) is 5.00. The number of carbonyl (C=O) groups excluding carboxylic acids is 2. The molecule has 0 saturated carbocycles. The Morgan fingerprint density at radius 1 is 0.688 bits per heavy atom. The lowest BCUT2D eigenvalue weighted by atomic mass is 9.87. The van der Waals surface area contributed by atoms with E-state index in [1.54, 1.807) is 13.8 Å². The zero-order chi connectivity index (χ0) is 24.3. The van der Waals surface area contributed by atoms with E-state index in [9.17, 15) is 30.0 Å². The number of phenols is 4. The van der Waals surface area contributed by atoms with Crippen LogP contribution in [0.5, 0.6) is 28.7 Å². The van der Waals surface area contributed by atoms with Gasteiger partial charge in [-0.3, -0.25) is 9.59 Å². The maximum atomic E-state index is 12.7. The summed E-state index contributed by atoms with van der Waals surface area (Å²) in [7, 11) is 1.43. The molecule has 32 heavy (non-hydrogen) atoms. The van der Waals surface area contributed by atoms with Crippen molar-refractivity contribution in [3.8, 4) is 28.7 Å². The molecule has 2 aromatic rings. The molecule has 7 heteroatoms. The Morgan fingerprint density at radius 3 is 1.69 bits per heavy atom. The fourth-order valence-electron chi connectivity index (χ4n) is 4.06. The molecule has 0 unspecified atom stereocenters. The number of ether oxygens (including phenoxy) is 1. The molecule has 7 nitrogen and oxygen atoms in total. The minimum Gasteiger partial charge on any atom is -0.507 e. The van der Waals surface area contributed by atoms with Gasteiger partial charge in [0.25, 0.3) is 0 Å². The van der Waals surface area contributed by atoms with Gasteiger partial charge in [0.15, 0.2) is 11.6 Å². The zero-order valence-corrected chi connectivity index (χ0v) is 19.5. The second kappa shape index (κ2) is 9.94. The molecule has 0 fully saturated rings. The van der Waals surface area contributed by atoms with Gasteiger partial charge in [0.05, 0.1) is 12.7 Å². The molecule has 0 saturated heterocycles. The van der Waals surface area contributed by atoms with Gasteiger partial charge in [-0.1, -0.05) is 13.8 Å². The summed E-state index contributed by atoms with van der Waals surface area (Å²) >= 11 is 0. The molecule has 2 aromatic carbocycles. The molecule has 0 heterocycles. The molecule has 174 valence electrons. The Bertz CT molecular complexity index is 1070. The monoisotopic (exact) mass is 444 g/mol. The number of hydrogen-bond donors (Lipinski definition) is 4. The summed E-state index contributed by atoms with van der Waals surface area (Å²) in [6.07, 6.45) is 1.44. The summed E-state index contributed by atoms with van der Waals surface area (Å²) in [6.45, 7) is 8.43. The lowest BCUT2D eigenvalue weighted by Gasteiger charge is -2.22. The maximum Gasteiger partial charge on any atom is 0.170 e. The smallest absolute Gasteiger partial charge is 0.170 e. The number of aromatic hydroxyl groups is 4. The van der Waals surface area contributed by atoms with E-state index in [0.717, 1.165) is 0 Å². The largest absolute Gasteiger partial charge is 0.507 e. The summed E-state index contributed by atoms with van der Waals surface area (Å²) in [5.41, 5.74) is 1.39. The molecule has 0 radical (unpaired) electrons. The number of methoxy groups -OCH3 is 1. The van der Waals surface area contributed by atoms with E-state index in [0.29, 0.717) is 35.3 Å². The van der Waals surface area contributed by atoms with Crippen molar-refractivity contribution in [3.05, 3.63) is 38.9 Å². The highest BCUT2D eigenvalue weighted by atomic mass is 16.5. The molecule has 0 bridgehead atoms. The molecular formula is C25H32O7. The summed E-state index contributed by atoms with van der Waals surface area (Å²) in [4.78, 5) is 25.3. The SMILES string of the molecule is CCCC(=O)c1c(C)c(Cc2c(O)c(C)c(O)c(C(=O)CCC)c2O)c(OC)c(C)c1O. The second-order valence-corrected chi connectivity index (χ2v) is 8.03. The van der Waals surface area contributed by atoms with Gasteiger partial charge < -0.3 is 25.2 Å². The highest BCUT2D eigenvalue weighted by Gasteiger charge is 2.29. The number of rotatable bonds is 9. The van der Waals surface area contributed by atoms with Crippen LogP contribution in [-0.4, -0.2) is 39.1 Å². The van der Waals surface area contributed by atoms with Gasteiger partial charge in [-0.05, 0) is 39.2 Å². The molecular weight excluding hydrogens is 412 g/mol. The fraction of sp³-hybridized carbons (Fsp3) is 0.440. The highest BCUT2D eigenvalue weighted by molar-refractivity contribution is 6.03. The van der Waals surface area contributed by atoms with E-state index in [4.69, 9.17) is 4.74 Å². The van der Waals surface area contributed by atoms with Gasteiger partial charge >= 0.3 is 0 Å². The van der Waals surface area contributed by atoms with Crippen molar-refractivity contribution in [1.29, 1.82) is 0 Å². The van der Waals surface area contributed by atoms with Gasteiger partial charge in [0.2, 0.25) is 0 Å². The molecule has 0 aromatic heterocycles. The first-order valence-corrected chi connectivity index (χ1v) is 10.7. The van der Waals surface area contributed by atoms with Crippen LogP contribution in [0, 0.1) is 20.8 Å². The van der Waals surface area contributed by atoms with Crippen molar-refractivity contribution >= 4 is 11.6 Å². The van der Waals surface area contributed by atoms with Crippen LogP contribution >= 0.6 is 0 Å². The highest BCUT2D eigenvalue weighted by Crippen LogP contribution is 2.46. The minimum atomic E-state index is -0.502. The lowest BCUT2D eigenvalue weighted by molar-refractivity contribution is 0.0968. The van der Waals surface area contributed by atoms with Gasteiger partial charge in [-0.15, -0.1) is 0 Å².